The summed E-state index contributed by atoms with van der Waals surface area (Å²) in [6, 6.07) is 0.00551. The van der Waals surface area contributed by atoms with E-state index in [9.17, 15) is 13.2 Å². The van der Waals surface area contributed by atoms with Crippen molar-refractivity contribution >= 4 is 16.0 Å². The first kappa shape index (κ1) is 16.4. The Morgan fingerprint density at radius 1 is 1.42 bits per heavy atom. The highest BCUT2D eigenvalue weighted by atomic mass is 32.2. The van der Waals surface area contributed by atoms with Crippen molar-refractivity contribution < 1.29 is 17.9 Å². The molecule has 1 rings (SSSR count). The molecule has 1 fully saturated rings. The highest BCUT2D eigenvalue weighted by Crippen LogP contribution is 2.20. The van der Waals surface area contributed by atoms with Crippen LogP contribution in [0.4, 0.5) is 0 Å². The molecule has 6 nitrogen and oxygen atoms in total. The van der Waals surface area contributed by atoms with Crippen LogP contribution in [0, 0.1) is 0 Å². The molecule has 1 atom stereocenters. The number of rotatable bonds is 7. The second kappa shape index (κ2) is 7.81. The first-order chi connectivity index (χ1) is 9.01. The lowest BCUT2D eigenvalue weighted by Gasteiger charge is -2.34. The first-order valence-corrected chi connectivity index (χ1v) is 8.42. The smallest absolute Gasteiger partial charge is 0.306 e. The molecule has 0 bridgehead atoms. The van der Waals surface area contributed by atoms with Crippen molar-refractivity contribution in [2.45, 2.75) is 38.6 Å². The van der Waals surface area contributed by atoms with Gasteiger partial charge in [-0.25, -0.2) is 8.42 Å². The summed E-state index contributed by atoms with van der Waals surface area (Å²) in [4.78, 5) is 11.3. The van der Waals surface area contributed by atoms with Gasteiger partial charge in [0.2, 0.25) is 10.0 Å². The molecule has 0 amide bonds. The van der Waals surface area contributed by atoms with Crippen LogP contribution < -0.4 is 5.32 Å². The van der Waals surface area contributed by atoms with Crippen LogP contribution in [0.15, 0.2) is 0 Å². The number of piperidine rings is 1. The molecule has 1 unspecified atom stereocenters. The zero-order chi connectivity index (χ0) is 14.3. The number of likely N-dealkylation sites (N-methyl/N-ethyl adjacent to an activating group) is 1. The van der Waals surface area contributed by atoms with Crippen molar-refractivity contribution in [1.29, 1.82) is 0 Å². The van der Waals surface area contributed by atoms with Crippen molar-refractivity contribution in [2.75, 3.05) is 32.5 Å². The highest BCUT2D eigenvalue weighted by Gasteiger charge is 2.31. The van der Waals surface area contributed by atoms with E-state index in [4.69, 9.17) is 4.74 Å². The van der Waals surface area contributed by atoms with E-state index in [1.807, 2.05) is 7.05 Å². The van der Waals surface area contributed by atoms with Crippen LogP contribution in [0.3, 0.4) is 0 Å². The van der Waals surface area contributed by atoms with Gasteiger partial charge in [-0.15, -0.1) is 0 Å². The van der Waals surface area contributed by atoms with Crippen molar-refractivity contribution in [3.05, 3.63) is 0 Å². The van der Waals surface area contributed by atoms with E-state index in [1.54, 1.807) is 11.2 Å². The maximum absolute atomic E-state index is 12.3. The zero-order valence-electron chi connectivity index (χ0n) is 11.7. The van der Waals surface area contributed by atoms with Gasteiger partial charge in [-0.3, -0.25) is 4.79 Å². The van der Waals surface area contributed by atoms with E-state index in [-0.39, 0.29) is 24.8 Å². The third-order valence-electron chi connectivity index (χ3n) is 3.24. The van der Waals surface area contributed by atoms with E-state index in [0.29, 0.717) is 13.1 Å². The lowest BCUT2D eigenvalue weighted by atomic mass is 10.1. The molecule has 0 aromatic rings. The van der Waals surface area contributed by atoms with Gasteiger partial charge < -0.3 is 10.1 Å². The van der Waals surface area contributed by atoms with Crippen LogP contribution in [-0.4, -0.2) is 57.2 Å². The van der Waals surface area contributed by atoms with Crippen LogP contribution in [0.1, 0.15) is 32.6 Å². The molecule has 0 aromatic carbocycles. The summed E-state index contributed by atoms with van der Waals surface area (Å²) in [7, 11) is -1.56. The molecule has 19 heavy (non-hydrogen) atoms. The molecule has 1 aliphatic rings. The van der Waals surface area contributed by atoms with E-state index >= 15 is 0 Å². The Balaban J connectivity index is 2.60. The van der Waals surface area contributed by atoms with E-state index in [0.717, 1.165) is 19.3 Å². The summed E-state index contributed by atoms with van der Waals surface area (Å²) >= 11 is 0. The van der Waals surface area contributed by atoms with Gasteiger partial charge in [0.05, 0.1) is 18.8 Å². The van der Waals surface area contributed by atoms with Crippen molar-refractivity contribution in [3.63, 3.8) is 0 Å². The second-order valence-corrected chi connectivity index (χ2v) is 6.73. The molecule has 0 spiro atoms. The number of hydrogen-bond acceptors (Lipinski definition) is 5. The molecule has 0 radical (unpaired) electrons. The fraction of sp³-hybridized carbons (Fsp3) is 0.917. The fourth-order valence-electron chi connectivity index (χ4n) is 2.34. The Hall–Kier alpha value is -0.660. The van der Waals surface area contributed by atoms with Crippen molar-refractivity contribution in [2.24, 2.45) is 0 Å². The summed E-state index contributed by atoms with van der Waals surface area (Å²) in [5, 5.41) is 3.03. The van der Waals surface area contributed by atoms with Crippen LogP contribution in [0.5, 0.6) is 0 Å². The summed E-state index contributed by atoms with van der Waals surface area (Å²) < 4.78 is 30.9. The minimum atomic E-state index is -3.38. The zero-order valence-corrected chi connectivity index (χ0v) is 12.5. The van der Waals surface area contributed by atoms with Crippen molar-refractivity contribution in [3.8, 4) is 0 Å². The number of nitrogens with zero attached hydrogens (tertiary/aromatic N) is 1. The summed E-state index contributed by atoms with van der Waals surface area (Å²) in [6.45, 7) is 3.20. The molecular formula is C12H24N2O4S. The van der Waals surface area contributed by atoms with E-state index < -0.39 is 16.0 Å². The largest absolute Gasteiger partial charge is 0.466 e. The highest BCUT2D eigenvalue weighted by molar-refractivity contribution is 7.89. The summed E-state index contributed by atoms with van der Waals surface area (Å²) in [6.07, 6.45) is 2.74. The van der Waals surface area contributed by atoms with Crippen LogP contribution in [0.2, 0.25) is 0 Å². The van der Waals surface area contributed by atoms with Gasteiger partial charge in [0, 0.05) is 19.1 Å². The first-order valence-electron chi connectivity index (χ1n) is 6.81. The summed E-state index contributed by atoms with van der Waals surface area (Å²) in [5.41, 5.74) is 0. The van der Waals surface area contributed by atoms with E-state index in [2.05, 4.69) is 5.32 Å². The molecule has 1 saturated heterocycles. The number of carbonyl (C=O) groups is 1. The summed E-state index contributed by atoms with van der Waals surface area (Å²) in [5.74, 6) is -0.611. The predicted octanol–water partition coefficient (Wildman–Crippen LogP) is 0.343. The second-order valence-electron chi connectivity index (χ2n) is 4.69. The molecule has 0 aliphatic carbocycles. The minimum absolute atomic E-state index is 0.00551. The number of ether oxygens (including phenoxy) is 1. The van der Waals surface area contributed by atoms with Crippen LogP contribution in [0.25, 0.3) is 0 Å². The molecular weight excluding hydrogens is 268 g/mol. The number of esters is 1. The van der Waals surface area contributed by atoms with Gasteiger partial charge in [-0.1, -0.05) is 6.42 Å². The minimum Gasteiger partial charge on any atom is -0.466 e. The van der Waals surface area contributed by atoms with Gasteiger partial charge in [0.1, 0.15) is 0 Å². The molecule has 7 heteroatoms. The van der Waals surface area contributed by atoms with Gasteiger partial charge in [-0.05, 0) is 26.8 Å². The van der Waals surface area contributed by atoms with Gasteiger partial charge in [0.25, 0.3) is 0 Å². The number of hydrogen-bond donors (Lipinski definition) is 1. The Kier molecular flexibility index (Phi) is 6.74. The number of sulfonamides is 1. The Bertz CT molecular complexity index is 381. The topological polar surface area (TPSA) is 75.7 Å². The monoisotopic (exact) mass is 292 g/mol. The van der Waals surface area contributed by atoms with Gasteiger partial charge in [0.15, 0.2) is 0 Å². The molecule has 0 saturated carbocycles. The maximum atomic E-state index is 12.3. The van der Waals surface area contributed by atoms with E-state index in [1.165, 1.54) is 0 Å². The quantitative estimate of drug-likeness (QED) is 0.685. The molecule has 1 aliphatic heterocycles. The normalized spacial score (nSPS) is 21.3. The third kappa shape index (κ3) is 5.08. The molecule has 0 aromatic heterocycles. The maximum Gasteiger partial charge on any atom is 0.306 e. The van der Waals surface area contributed by atoms with Gasteiger partial charge >= 0.3 is 5.97 Å². The Morgan fingerprint density at radius 3 is 2.79 bits per heavy atom. The van der Waals surface area contributed by atoms with Crippen LogP contribution >= 0.6 is 0 Å². The molecule has 112 valence electrons. The average molecular weight is 292 g/mol. The standard InChI is InChI=1S/C12H24N2O4S/c1-3-18-12(15)7-9-19(16,17)14-8-5-4-6-11(14)10-13-2/h11,13H,3-10H2,1-2H3. The van der Waals surface area contributed by atoms with Crippen molar-refractivity contribution in [1.82, 2.24) is 9.62 Å². The van der Waals surface area contributed by atoms with Gasteiger partial charge in [-0.2, -0.15) is 4.31 Å². The average Bonchev–Trinajstić information content (AvgIpc) is 2.38. The number of carbonyl (C=O) groups excluding carboxylic acids is 1. The van der Waals surface area contributed by atoms with Crippen LogP contribution in [-0.2, 0) is 19.6 Å². The lowest BCUT2D eigenvalue weighted by molar-refractivity contribution is -0.142. The molecule has 1 N–H and O–H groups in total. The fourth-order valence-corrected chi connectivity index (χ4v) is 4.04. The number of nitrogens with one attached hydrogen (secondary N) is 1. The Labute approximate surface area is 115 Å². The SMILES string of the molecule is CCOC(=O)CCS(=O)(=O)N1CCCCC1CNC. The Morgan fingerprint density at radius 2 is 2.16 bits per heavy atom. The molecule has 1 heterocycles. The lowest BCUT2D eigenvalue weighted by Crippen LogP contribution is -2.48. The predicted molar refractivity (Wildman–Crippen MR) is 73.3 cm³/mol. The third-order valence-corrected chi connectivity index (χ3v) is 5.15.